The molecule has 8 nitrogen and oxygen atoms in total. The van der Waals surface area contributed by atoms with Gasteiger partial charge in [-0.2, -0.15) is 0 Å². The number of likely N-dealkylation sites (tertiary alicyclic amines) is 1. The molecule has 0 saturated carbocycles. The van der Waals surface area contributed by atoms with E-state index in [9.17, 15) is 19.5 Å². The number of ether oxygens (including phenoxy) is 2. The van der Waals surface area contributed by atoms with Gasteiger partial charge in [-0.3, -0.25) is 4.79 Å². The van der Waals surface area contributed by atoms with Gasteiger partial charge in [0.15, 0.2) is 0 Å². The zero-order valence-electron chi connectivity index (χ0n) is 18.8. The summed E-state index contributed by atoms with van der Waals surface area (Å²) in [6.45, 7) is 1.28. The van der Waals surface area contributed by atoms with Crippen LogP contribution in [0.25, 0.3) is 11.1 Å². The number of benzene rings is 2. The predicted octanol–water partition coefficient (Wildman–Crippen LogP) is 3.01. The number of nitrogens with one attached hydrogen (secondary N) is 1. The third kappa shape index (κ3) is 4.14. The highest BCUT2D eigenvalue weighted by molar-refractivity contribution is 5.87. The van der Waals surface area contributed by atoms with Crippen LogP contribution in [0.3, 0.4) is 0 Å². The second kappa shape index (κ2) is 9.46. The molecule has 0 aromatic heterocycles. The van der Waals surface area contributed by atoms with Gasteiger partial charge in [-0.25, -0.2) is 9.59 Å². The highest BCUT2D eigenvalue weighted by Gasteiger charge is 2.42. The molecule has 5 rings (SSSR count). The van der Waals surface area contributed by atoms with Gasteiger partial charge in [0.1, 0.15) is 18.8 Å². The molecule has 2 aliphatic heterocycles. The molecular formula is C26H28N2O6. The molecule has 2 unspecified atom stereocenters. The van der Waals surface area contributed by atoms with Gasteiger partial charge in [0.25, 0.3) is 5.91 Å². The van der Waals surface area contributed by atoms with Crippen LogP contribution in [0.4, 0.5) is 4.79 Å². The smallest absolute Gasteiger partial charge is 0.407 e. The average Bonchev–Trinajstić information content (AvgIpc) is 3.59. The van der Waals surface area contributed by atoms with Gasteiger partial charge in [-0.1, -0.05) is 48.5 Å². The van der Waals surface area contributed by atoms with Crippen molar-refractivity contribution in [2.75, 3.05) is 26.3 Å². The van der Waals surface area contributed by atoms with E-state index in [-0.39, 0.29) is 30.9 Å². The number of hydrogen-bond acceptors (Lipinski definition) is 5. The molecule has 178 valence electrons. The number of carboxylic acids is 1. The van der Waals surface area contributed by atoms with Crippen LogP contribution in [0.15, 0.2) is 48.5 Å². The second-order valence-electron chi connectivity index (χ2n) is 9.07. The zero-order chi connectivity index (χ0) is 23.7. The normalized spacial score (nSPS) is 23.4. The quantitative estimate of drug-likeness (QED) is 0.681. The Labute approximate surface area is 197 Å². The first-order valence-corrected chi connectivity index (χ1v) is 11.8. The van der Waals surface area contributed by atoms with E-state index in [1.807, 2.05) is 24.3 Å². The maximum Gasteiger partial charge on any atom is 0.407 e. The Bertz CT molecular complexity index is 1060. The Morgan fingerprint density at radius 1 is 1.03 bits per heavy atom. The van der Waals surface area contributed by atoms with Gasteiger partial charge in [-0.15, -0.1) is 0 Å². The molecule has 0 radical (unpaired) electrons. The van der Waals surface area contributed by atoms with E-state index >= 15 is 0 Å². The van der Waals surface area contributed by atoms with E-state index < -0.39 is 24.2 Å². The number of carbonyl (C=O) groups is 3. The SMILES string of the molecule is O=C(NCC1CCOC1C(=O)N1CCC[C@H]1C(=O)O)OCC1c2ccccc2-c2ccccc21. The maximum atomic E-state index is 12.9. The summed E-state index contributed by atoms with van der Waals surface area (Å²) in [7, 11) is 0. The molecule has 2 heterocycles. The van der Waals surface area contributed by atoms with Gasteiger partial charge in [0.2, 0.25) is 0 Å². The number of fused-ring (bicyclic) bond motifs is 3. The summed E-state index contributed by atoms with van der Waals surface area (Å²) in [5.41, 5.74) is 4.62. The van der Waals surface area contributed by atoms with Crippen LogP contribution < -0.4 is 5.32 Å². The maximum absolute atomic E-state index is 12.9. The molecule has 2 fully saturated rings. The standard InChI is InChI=1S/C26H28N2O6/c29-24(28-12-5-10-22(28)25(30)31)23-16(11-13-33-23)14-27-26(32)34-15-21-19-8-3-1-6-17(19)18-7-2-4-9-20(18)21/h1-4,6-9,16,21-23H,5,10-15H2,(H,27,32)(H,30,31)/t16?,22-,23?/m0/s1. The molecule has 2 aromatic rings. The zero-order valence-corrected chi connectivity index (χ0v) is 18.8. The Balaban J connectivity index is 1.17. The summed E-state index contributed by atoms with van der Waals surface area (Å²) >= 11 is 0. The van der Waals surface area contributed by atoms with Crippen molar-refractivity contribution in [3.63, 3.8) is 0 Å². The fourth-order valence-electron chi connectivity index (χ4n) is 5.43. The lowest BCUT2D eigenvalue weighted by Gasteiger charge is -2.27. The van der Waals surface area contributed by atoms with E-state index in [1.165, 1.54) is 4.90 Å². The lowest BCUT2D eigenvalue weighted by atomic mass is 9.98. The van der Waals surface area contributed by atoms with Gasteiger partial charge < -0.3 is 24.8 Å². The molecule has 8 heteroatoms. The molecule has 2 N–H and O–H groups in total. The lowest BCUT2D eigenvalue weighted by Crippen LogP contribution is -2.48. The summed E-state index contributed by atoms with van der Waals surface area (Å²) < 4.78 is 11.2. The predicted molar refractivity (Wildman–Crippen MR) is 123 cm³/mol. The summed E-state index contributed by atoms with van der Waals surface area (Å²) in [6.07, 6.45) is 0.457. The minimum Gasteiger partial charge on any atom is -0.480 e. The Hall–Kier alpha value is -3.39. The monoisotopic (exact) mass is 464 g/mol. The average molecular weight is 465 g/mol. The van der Waals surface area contributed by atoms with Crippen LogP contribution >= 0.6 is 0 Å². The molecule has 34 heavy (non-hydrogen) atoms. The molecule has 0 spiro atoms. The van der Waals surface area contributed by atoms with Gasteiger partial charge in [0, 0.05) is 31.5 Å². The first-order chi connectivity index (χ1) is 16.5. The molecule has 2 amide bonds. The van der Waals surface area contributed by atoms with E-state index in [0.717, 1.165) is 22.3 Å². The van der Waals surface area contributed by atoms with Crippen LogP contribution in [0.5, 0.6) is 0 Å². The highest BCUT2D eigenvalue weighted by atomic mass is 16.5. The minimum atomic E-state index is -0.989. The summed E-state index contributed by atoms with van der Waals surface area (Å²) in [4.78, 5) is 38.3. The van der Waals surface area contributed by atoms with Crippen molar-refractivity contribution in [3.8, 4) is 11.1 Å². The summed E-state index contributed by atoms with van der Waals surface area (Å²) in [5.74, 6) is -1.53. The Morgan fingerprint density at radius 2 is 1.71 bits per heavy atom. The lowest BCUT2D eigenvalue weighted by molar-refractivity contribution is -0.153. The third-order valence-corrected chi connectivity index (χ3v) is 7.13. The summed E-state index contributed by atoms with van der Waals surface area (Å²) in [6, 6.07) is 15.5. The highest BCUT2D eigenvalue weighted by Crippen LogP contribution is 2.44. The molecule has 0 bridgehead atoms. The number of alkyl carbamates (subject to hydrolysis) is 1. The number of nitrogens with zero attached hydrogens (tertiary/aromatic N) is 1. The number of rotatable bonds is 6. The van der Waals surface area contributed by atoms with Gasteiger partial charge in [-0.05, 0) is 41.5 Å². The molecule has 1 aliphatic carbocycles. The Kier molecular flexibility index (Phi) is 6.24. The first kappa shape index (κ1) is 22.4. The Morgan fingerprint density at radius 3 is 2.38 bits per heavy atom. The van der Waals surface area contributed by atoms with E-state index in [0.29, 0.717) is 32.4 Å². The van der Waals surface area contributed by atoms with Crippen LogP contribution in [0.1, 0.15) is 36.3 Å². The van der Waals surface area contributed by atoms with Crippen LogP contribution in [0.2, 0.25) is 0 Å². The van der Waals surface area contributed by atoms with Gasteiger partial charge in [0.05, 0.1) is 0 Å². The van der Waals surface area contributed by atoms with Crippen molar-refractivity contribution < 1.29 is 29.0 Å². The molecule has 3 aliphatic rings. The topological polar surface area (TPSA) is 105 Å². The van der Waals surface area contributed by atoms with Crippen molar-refractivity contribution in [3.05, 3.63) is 59.7 Å². The molecule has 2 saturated heterocycles. The number of amides is 2. The van der Waals surface area contributed by atoms with E-state index in [2.05, 4.69) is 29.6 Å². The van der Waals surface area contributed by atoms with Crippen LogP contribution in [-0.4, -0.2) is 66.4 Å². The number of carbonyl (C=O) groups excluding carboxylic acids is 2. The van der Waals surface area contributed by atoms with Crippen molar-refractivity contribution in [2.24, 2.45) is 5.92 Å². The minimum absolute atomic E-state index is 0.0228. The fourth-order valence-corrected chi connectivity index (χ4v) is 5.43. The van der Waals surface area contributed by atoms with Crippen LogP contribution in [0, 0.1) is 5.92 Å². The van der Waals surface area contributed by atoms with Crippen molar-refractivity contribution in [1.29, 1.82) is 0 Å². The van der Waals surface area contributed by atoms with E-state index in [4.69, 9.17) is 9.47 Å². The van der Waals surface area contributed by atoms with Gasteiger partial charge >= 0.3 is 12.1 Å². The molecule has 2 aromatic carbocycles. The molecule has 3 atom stereocenters. The number of aliphatic carboxylic acids is 1. The third-order valence-electron chi connectivity index (χ3n) is 7.13. The molecular weight excluding hydrogens is 436 g/mol. The van der Waals surface area contributed by atoms with E-state index in [1.54, 1.807) is 0 Å². The van der Waals surface area contributed by atoms with Crippen molar-refractivity contribution >= 4 is 18.0 Å². The fraction of sp³-hybridized carbons (Fsp3) is 0.423. The summed E-state index contributed by atoms with van der Waals surface area (Å²) in [5, 5.41) is 12.2. The van der Waals surface area contributed by atoms with Crippen LogP contribution in [-0.2, 0) is 19.1 Å². The number of carboxylic acid groups (broad SMARTS) is 1. The van der Waals surface area contributed by atoms with Crippen molar-refractivity contribution in [1.82, 2.24) is 10.2 Å². The van der Waals surface area contributed by atoms with Crippen molar-refractivity contribution in [2.45, 2.75) is 37.3 Å². The largest absolute Gasteiger partial charge is 0.480 e. The second-order valence-corrected chi connectivity index (χ2v) is 9.07. The number of hydrogen-bond donors (Lipinski definition) is 2. The first-order valence-electron chi connectivity index (χ1n) is 11.8.